The van der Waals surface area contributed by atoms with Gasteiger partial charge in [0.05, 0.1) is 5.56 Å². The minimum absolute atomic E-state index is 0. The van der Waals surface area contributed by atoms with Crippen molar-refractivity contribution < 1.29 is 4.79 Å². The normalized spacial score (nSPS) is 23.3. The lowest BCUT2D eigenvalue weighted by Gasteiger charge is -2.35. The number of carbonyl (C=O) groups excluding carboxylic acids is 1. The smallest absolute Gasteiger partial charge is 0.255 e. The van der Waals surface area contributed by atoms with Crippen LogP contribution in [0.25, 0.3) is 0 Å². The third-order valence-corrected chi connectivity index (χ3v) is 3.81. The average Bonchev–Trinajstić information content (AvgIpc) is 2.32. The molecule has 0 radical (unpaired) electrons. The predicted molar refractivity (Wildman–Crippen MR) is 77.0 cm³/mol. The third kappa shape index (κ3) is 2.96. The van der Waals surface area contributed by atoms with Crippen molar-refractivity contribution in [1.29, 1.82) is 0 Å². The summed E-state index contributed by atoms with van der Waals surface area (Å²) in [5, 5.41) is 0. The van der Waals surface area contributed by atoms with Gasteiger partial charge in [0.1, 0.15) is 0 Å². The van der Waals surface area contributed by atoms with Gasteiger partial charge in [0, 0.05) is 18.8 Å². The fourth-order valence-electron chi connectivity index (χ4n) is 2.31. The van der Waals surface area contributed by atoms with Gasteiger partial charge in [0.25, 0.3) is 5.91 Å². The van der Waals surface area contributed by atoms with Gasteiger partial charge in [-0.25, -0.2) is 0 Å². The third-order valence-electron chi connectivity index (χ3n) is 3.81. The van der Waals surface area contributed by atoms with Crippen molar-refractivity contribution in [1.82, 2.24) is 4.90 Å². The summed E-state index contributed by atoms with van der Waals surface area (Å²) in [6, 6.07) is 7.30. The molecule has 3 nitrogen and oxygen atoms in total. The summed E-state index contributed by atoms with van der Waals surface area (Å²) in [7, 11) is 0. The van der Waals surface area contributed by atoms with Crippen molar-refractivity contribution in [3.8, 4) is 0 Å². The zero-order valence-electron chi connectivity index (χ0n) is 10.9. The van der Waals surface area contributed by atoms with Gasteiger partial charge < -0.3 is 10.6 Å². The molecule has 2 N–H and O–H groups in total. The number of halogens is 1. The molecule has 2 unspecified atom stereocenters. The molecule has 0 saturated carbocycles. The highest BCUT2D eigenvalue weighted by Gasteiger charge is 2.27. The summed E-state index contributed by atoms with van der Waals surface area (Å²) in [4.78, 5) is 14.2. The molecule has 100 valence electrons. The molecule has 0 aromatic heterocycles. The fourth-order valence-corrected chi connectivity index (χ4v) is 2.31. The second-order valence-electron chi connectivity index (χ2n) is 5.08. The van der Waals surface area contributed by atoms with Crippen LogP contribution in [0.4, 0.5) is 5.69 Å². The van der Waals surface area contributed by atoms with E-state index < -0.39 is 0 Å². The first-order chi connectivity index (χ1) is 8.09. The van der Waals surface area contributed by atoms with Crippen LogP contribution in [0.2, 0.25) is 0 Å². The number of nitrogens with two attached hydrogens (primary N) is 1. The number of nitrogens with zero attached hydrogens (tertiary/aromatic N) is 1. The molecule has 2 atom stereocenters. The van der Waals surface area contributed by atoms with Crippen LogP contribution in [0.1, 0.15) is 30.6 Å². The number of para-hydroxylation sites is 1. The summed E-state index contributed by atoms with van der Waals surface area (Å²) in [6.45, 7) is 6.15. The van der Waals surface area contributed by atoms with Gasteiger partial charge in [0.15, 0.2) is 0 Å². The molecule has 0 bridgehead atoms. The van der Waals surface area contributed by atoms with Gasteiger partial charge in [-0.15, -0.1) is 12.4 Å². The minimum atomic E-state index is 0. The molecule has 1 fully saturated rings. The Bertz CT molecular complexity index is 422. The Hall–Kier alpha value is -1.22. The molecular weight excluding hydrogens is 248 g/mol. The van der Waals surface area contributed by atoms with Gasteiger partial charge in [-0.2, -0.15) is 0 Å². The molecule has 18 heavy (non-hydrogen) atoms. The van der Waals surface area contributed by atoms with E-state index >= 15 is 0 Å². The first-order valence-corrected chi connectivity index (χ1v) is 6.23. The molecule has 1 saturated heterocycles. The molecule has 0 aliphatic carbocycles. The van der Waals surface area contributed by atoms with E-state index in [1.54, 1.807) is 12.1 Å². The standard InChI is InChI=1S/C14H20N2O.ClH/c1-10-7-8-16(9-11(10)2)14(17)12-5-3-4-6-13(12)15;/h3-6,10-11H,7-9,15H2,1-2H3;1H. The van der Waals surface area contributed by atoms with Gasteiger partial charge >= 0.3 is 0 Å². The van der Waals surface area contributed by atoms with E-state index in [1.807, 2.05) is 17.0 Å². The highest BCUT2D eigenvalue weighted by molar-refractivity contribution is 5.99. The Morgan fingerprint density at radius 1 is 1.28 bits per heavy atom. The number of hydrogen-bond acceptors (Lipinski definition) is 2. The van der Waals surface area contributed by atoms with Crippen LogP contribution < -0.4 is 5.73 Å². The maximum Gasteiger partial charge on any atom is 0.255 e. The molecule has 4 heteroatoms. The molecule has 1 aliphatic heterocycles. The number of carbonyl (C=O) groups is 1. The number of likely N-dealkylation sites (tertiary alicyclic amines) is 1. The summed E-state index contributed by atoms with van der Waals surface area (Å²) < 4.78 is 0. The monoisotopic (exact) mass is 268 g/mol. The second kappa shape index (κ2) is 6.10. The van der Waals surface area contributed by atoms with Gasteiger partial charge in [-0.05, 0) is 30.4 Å². The molecular formula is C14H21ClN2O. The van der Waals surface area contributed by atoms with Crippen molar-refractivity contribution in [2.45, 2.75) is 20.3 Å². The van der Waals surface area contributed by atoms with Gasteiger partial charge in [-0.3, -0.25) is 4.79 Å². The van der Waals surface area contributed by atoms with E-state index in [4.69, 9.17) is 5.73 Å². The van der Waals surface area contributed by atoms with E-state index in [2.05, 4.69) is 13.8 Å². The number of amides is 1. The van der Waals surface area contributed by atoms with E-state index in [9.17, 15) is 4.79 Å². The maximum atomic E-state index is 12.3. The summed E-state index contributed by atoms with van der Waals surface area (Å²) in [5.74, 6) is 1.34. The average molecular weight is 269 g/mol. The van der Waals surface area contributed by atoms with Crippen LogP contribution in [0.15, 0.2) is 24.3 Å². The van der Waals surface area contributed by atoms with Crippen molar-refractivity contribution in [2.75, 3.05) is 18.8 Å². The Morgan fingerprint density at radius 3 is 2.56 bits per heavy atom. The van der Waals surface area contributed by atoms with Gasteiger partial charge in [0.2, 0.25) is 0 Å². The zero-order chi connectivity index (χ0) is 12.4. The molecule has 1 aliphatic rings. The van der Waals surface area contributed by atoms with E-state index in [1.165, 1.54) is 0 Å². The Balaban J connectivity index is 0.00000162. The number of rotatable bonds is 1. The van der Waals surface area contributed by atoms with Crippen LogP contribution in [0.3, 0.4) is 0 Å². The molecule has 2 rings (SSSR count). The minimum Gasteiger partial charge on any atom is -0.398 e. The van der Waals surface area contributed by atoms with E-state index in [0.29, 0.717) is 23.1 Å². The molecule has 1 amide bonds. The van der Waals surface area contributed by atoms with Crippen LogP contribution in [-0.4, -0.2) is 23.9 Å². The number of nitrogen functional groups attached to an aromatic ring is 1. The highest BCUT2D eigenvalue weighted by atomic mass is 35.5. The maximum absolute atomic E-state index is 12.3. The number of piperidine rings is 1. The van der Waals surface area contributed by atoms with Crippen molar-refractivity contribution in [3.63, 3.8) is 0 Å². The van der Waals surface area contributed by atoms with Crippen molar-refractivity contribution in [3.05, 3.63) is 29.8 Å². The first kappa shape index (κ1) is 14.8. The topological polar surface area (TPSA) is 46.3 Å². The summed E-state index contributed by atoms with van der Waals surface area (Å²) in [6.07, 6.45) is 1.08. The van der Waals surface area contributed by atoms with Crippen molar-refractivity contribution in [2.24, 2.45) is 11.8 Å². The molecule has 0 spiro atoms. The molecule has 1 aromatic carbocycles. The Morgan fingerprint density at radius 2 is 1.94 bits per heavy atom. The van der Waals surface area contributed by atoms with Gasteiger partial charge in [-0.1, -0.05) is 26.0 Å². The number of anilines is 1. The lowest BCUT2D eigenvalue weighted by molar-refractivity contribution is 0.0628. The SMILES string of the molecule is CC1CCN(C(=O)c2ccccc2N)CC1C.Cl. The first-order valence-electron chi connectivity index (χ1n) is 6.23. The van der Waals surface area contributed by atoms with E-state index in [-0.39, 0.29) is 18.3 Å². The zero-order valence-corrected chi connectivity index (χ0v) is 11.7. The largest absolute Gasteiger partial charge is 0.398 e. The fraction of sp³-hybridized carbons (Fsp3) is 0.500. The van der Waals surface area contributed by atoms with Crippen LogP contribution in [-0.2, 0) is 0 Å². The predicted octanol–water partition coefficient (Wildman–Crippen LogP) is 2.81. The van der Waals surface area contributed by atoms with Crippen molar-refractivity contribution >= 4 is 24.0 Å². The van der Waals surface area contributed by atoms with Crippen LogP contribution in [0.5, 0.6) is 0 Å². The van der Waals surface area contributed by atoms with Crippen LogP contribution >= 0.6 is 12.4 Å². The summed E-state index contributed by atoms with van der Waals surface area (Å²) >= 11 is 0. The highest BCUT2D eigenvalue weighted by Crippen LogP contribution is 2.24. The summed E-state index contributed by atoms with van der Waals surface area (Å²) in [5.41, 5.74) is 7.05. The number of benzene rings is 1. The molecule has 1 heterocycles. The lowest BCUT2D eigenvalue weighted by atomic mass is 9.88. The van der Waals surface area contributed by atoms with E-state index in [0.717, 1.165) is 19.5 Å². The Kier molecular flexibility index (Phi) is 5.03. The number of hydrogen-bond donors (Lipinski definition) is 1. The quantitative estimate of drug-likeness (QED) is 0.796. The molecule has 1 aromatic rings. The Labute approximate surface area is 115 Å². The lowest BCUT2D eigenvalue weighted by Crippen LogP contribution is -2.42. The van der Waals surface area contributed by atoms with Crippen LogP contribution in [0, 0.1) is 11.8 Å². The second-order valence-corrected chi connectivity index (χ2v) is 5.08.